The molecule has 1 atom stereocenters. The molecule has 108 valence electrons. The van der Waals surface area contributed by atoms with Gasteiger partial charge in [0.1, 0.15) is 12.4 Å². The molecule has 21 heavy (non-hydrogen) atoms. The molecule has 2 N–H and O–H groups in total. The second-order valence-electron chi connectivity index (χ2n) is 4.91. The summed E-state index contributed by atoms with van der Waals surface area (Å²) in [4.78, 5) is 29.0. The van der Waals surface area contributed by atoms with E-state index in [4.69, 9.17) is 5.11 Å². The molecule has 0 radical (unpaired) electrons. The first-order valence-electron chi connectivity index (χ1n) is 6.66. The minimum atomic E-state index is -0.945. The number of likely N-dealkylation sites (tertiary alicyclic amines) is 1. The molecule has 1 aromatic heterocycles. The number of nitrogens with zero attached hydrogens (tertiary/aromatic N) is 3. The van der Waals surface area contributed by atoms with Crippen LogP contribution in [0.15, 0.2) is 30.6 Å². The van der Waals surface area contributed by atoms with Gasteiger partial charge in [-0.05, 0) is 25.0 Å². The largest absolute Gasteiger partial charge is 0.480 e. The molecule has 7 nitrogen and oxygen atoms in total. The smallest absolute Gasteiger partial charge is 0.326 e. The van der Waals surface area contributed by atoms with E-state index in [1.165, 1.54) is 11.2 Å². The number of rotatable bonds is 3. The maximum Gasteiger partial charge on any atom is 0.326 e. The van der Waals surface area contributed by atoms with Crippen molar-refractivity contribution in [3.8, 4) is 11.4 Å². The first-order chi connectivity index (χ1) is 10.2. The number of H-pyrrole nitrogens is 1. The van der Waals surface area contributed by atoms with Gasteiger partial charge in [0.2, 0.25) is 0 Å². The van der Waals surface area contributed by atoms with Gasteiger partial charge in [-0.15, -0.1) is 0 Å². The molecule has 3 rings (SSSR count). The standard InChI is InChI=1S/C14H14N4O3/c19-13(18-7-1-2-11(18)14(20)21)10-5-3-9(4-6-10)12-15-8-16-17-12/h3-6,8,11H,1-2,7H2,(H,20,21)(H,15,16,17). The summed E-state index contributed by atoms with van der Waals surface area (Å²) in [5, 5.41) is 15.7. The lowest BCUT2D eigenvalue weighted by Crippen LogP contribution is -2.40. The summed E-state index contributed by atoms with van der Waals surface area (Å²) in [5.41, 5.74) is 1.30. The highest BCUT2D eigenvalue weighted by Gasteiger charge is 2.34. The SMILES string of the molecule is O=C(O)C1CCCN1C(=O)c1ccc(-c2ncn[nH]2)cc1. The van der Waals surface area contributed by atoms with Crippen molar-refractivity contribution in [2.75, 3.05) is 6.54 Å². The van der Waals surface area contributed by atoms with Crippen molar-refractivity contribution in [2.45, 2.75) is 18.9 Å². The third-order valence-electron chi connectivity index (χ3n) is 3.62. The van der Waals surface area contributed by atoms with Crippen LogP contribution in [-0.4, -0.2) is 49.7 Å². The molecule has 1 unspecified atom stereocenters. The Hall–Kier alpha value is -2.70. The number of nitrogens with one attached hydrogen (secondary N) is 1. The van der Waals surface area contributed by atoms with Gasteiger partial charge in [0.15, 0.2) is 5.82 Å². The van der Waals surface area contributed by atoms with Gasteiger partial charge >= 0.3 is 5.97 Å². The third-order valence-corrected chi connectivity index (χ3v) is 3.62. The predicted molar refractivity (Wildman–Crippen MR) is 73.5 cm³/mol. The summed E-state index contributed by atoms with van der Waals surface area (Å²) in [7, 11) is 0. The van der Waals surface area contributed by atoms with Crippen molar-refractivity contribution in [3.05, 3.63) is 36.2 Å². The zero-order chi connectivity index (χ0) is 14.8. The van der Waals surface area contributed by atoms with Gasteiger partial charge in [-0.2, -0.15) is 5.10 Å². The normalized spacial score (nSPS) is 17.9. The second kappa shape index (κ2) is 5.35. The van der Waals surface area contributed by atoms with Crippen molar-refractivity contribution in [3.63, 3.8) is 0 Å². The summed E-state index contributed by atoms with van der Waals surface area (Å²) in [6, 6.07) is 6.17. The lowest BCUT2D eigenvalue weighted by Gasteiger charge is -2.21. The highest BCUT2D eigenvalue weighted by atomic mass is 16.4. The molecule has 0 spiro atoms. The summed E-state index contributed by atoms with van der Waals surface area (Å²) >= 11 is 0. The maximum absolute atomic E-state index is 12.4. The highest BCUT2D eigenvalue weighted by molar-refractivity contribution is 5.97. The first kappa shape index (κ1) is 13.3. The predicted octanol–water partition coefficient (Wildman–Crippen LogP) is 1.16. The molecule has 1 fully saturated rings. The number of aromatic nitrogens is 3. The fourth-order valence-electron chi connectivity index (χ4n) is 2.55. The number of hydrogen-bond donors (Lipinski definition) is 2. The van der Waals surface area contributed by atoms with Crippen LogP contribution in [0.3, 0.4) is 0 Å². The average molecular weight is 286 g/mol. The van der Waals surface area contributed by atoms with E-state index in [0.717, 1.165) is 12.0 Å². The number of carbonyl (C=O) groups excluding carboxylic acids is 1. The number of carboxylic acids is 1. The Morgan fingerprint density at radius 2 is 2.05 bits per heavy atom. The molecule has 1 aliphatic heterocycles. The van der Waals surface area contributed by atoms with Crippen LogP contribution < -0.4 is 0 Å². The number of carboxylic acid groups (broad SMARTS) is 1. The zero-order valence-corrected chi connectivity index (χ0v) is 11.2. The zero-order valence-electron chi connectivity index (χ0n) is 11.2. The summed E-state index contributed by atoms with van der Waals surface area (Å²) in [5.74, 6) is -0.568. The molecule has 1 aliphatic rings. The van der Waals surface area contributed by atoms with E-state index in [1.54, 1.807) is 24.3 Å². The van der Waals surface area contributed by atoms with E-state index < -0.39 is 12.0 Å². The van der Waals surface area contributed by atoms with Gasteiger partial charge in [-0.25, -0.2) is 9.78 Å². The van der Waals surface area contributed by atoms with Crippen LogP contribution in [0.5, 0.6) is 0 Å². The van der Waals surface area contributed by atoms with E-state index in [-0.39, 0.29) is 5.91 Å². The van der Waals surface area contributed by atoms with Crippen LogP contribution in [0.4, 0.5) is 0 Å². The van der Waals surface area contributed by atoms with Crippen molar-refractivity contribution < 1.29 is 14.7 Å². The van der Waals surface area contributed by atoms with Gasteiger partial charge in [0.25, 0.3) is 5.91 Å². The number of aromatic amines is 1. The van der Waals surface area contributed by atoms with Gasteiger partial charge < -0.3 is 10.0 Å². The Labute approximate surface area is 120 Å². The van der Waals surface area contributed by atoms with Crippen molar-refractivity contribution in [2.24, 2.45) is 0 Å². The first-order valence-corrected chi connectivity index (χ1v) is 6.66. The quantitative estimate of drug-likeness (QED) is 0.882. The highest BCUT2D eigenvalue weighted by Crippen LogP contribution is 2.21. The fraction of sp³-hybridized carbons (Fsp3) is 0.286. The second-order valence-corrected chi connectivity index (χ2v) is 4.91. The summed E-state index contributed by atoms with van der Waals surface area (Å²) in [6.07, 6.45) is 2.65. The summed E-state index contributed by atoms with van der Waals surface area (Å²) < 4.78 is 0. The number of aliphatic carboxylic acids is 1. The Morgan fingerprint density at radius 1 is 1.29 bits per heavy atom. The van der Waals surface area contributed by atoms with E-state index in [9.17, 15) is 9.59 Å². The fourth-order valence-corrected chi connectivity index (χ4v) is 2.55. The Morgan fingerprint density at radius 3 is 2.67 bits per heavy atom. The molecule has 7 heteroatoms. The lowest BCUT2D eigenvalue weighted by molar-refractivity contribution is -0.141. The van der Waals surface area contributed by atoms with Crippen LogP contribution >= 0.6 is 0 Å². The molecule has 1 amide bonds. The lowest BCUT2D eigenvalue weighted by atomic mass is 10.1. The molecule has 1 aromatic carbocycles. The van der Waals surface area contributed by atoms with Crippen LogP contribution in [0.1, 0.15) is 23.2 Å². The molecule has 2 aromatic rings. The van der Waals surface area contributed by atoms with Crippen molar-refractivity contribution in [1.82, 2.24) is 20.1 Å². The Balaban J connectivity index is 1.80. The monoisotopic (exact) mass is 286 g/mol. The van der Waals surface area contributed by atoms with Gasteiger partial charge in [-0.3, -0.25) is 9.89 Å². The topological polar surface area (TPSA) is 99.2 Å². The number of hydrogen-bond acceptors (Lipinski definition) is 4. The van der Waals surface area contributed by atoms with E-state index in [0.29, 0.717) is 24.4 Å². The van der Waals surface area contributed by atoms with Crippen molar-refractivity contribution in [1.29, 1.82) is 0 Å². The Kier molecular flexibility index (Phi) is 3.39. The van der Waals surface area contributed by atoms with Gasteiger partial charge in [0, 0.05) is 17.7 Å². The maximum atomic E-state index is 12.4. The van der Waals surface area contributed by atoms with Crippen LogP contribution in [0, 0.1) is 0 Å². The van der Waals surface area contributed by atoms with Gasteiger partial charge in [0.05, 0.1) is 0 Å². The average Bonchev–Trinajstić information content (AvgIpc) is 3.18. The van der Waals surface area contributed by atoms with Gasteiger partial charge in [-0.1, -0.05) is 12.1 Å². The minimum absolute atomic E-state index is 0.246. The Bertz CT molecular complexity index is 651. The van der Waals surface area contributed by atoms with E-state index >= 15 is 0 Å². The van der Waals surface area contributed by atoms with Crippen LogP contribution in [-0.2, 0) is 4.79 Å². The van der Waals surface area contributed by atoms with Crippen LogP contribution in [0.2, 0.25) is 0 Å². The molecule has 1 saturated heterocycles. The number of carbonyl (C=O) groups is 2. The van der Waals surface area contributed by atoms with E-state index in [1.807, 2.05) is 0 Å². The molecule has 0 saturated carbocycles. The molecule has 2 heterocycles. The van der Waals surface area contributed by atoms with Crippen LogP contribution in [0.25, 0.3) is 11.4 Å². The number of benzene rings is 1. The molecule has 0 aliphatic carbocycles. The summed E-state index contributed by atoms with van der Waals surface area (Å²) in [6.45, 7) is 0.486. The van der Waals surface area contributed by atoms with E-state index in [2.05, 4.69) is 15.2 Å². The number of amides is 1. The third kappa shape index (κ3) is 2.49. The minimum Gasteiger partial charge on any atom is -0.480 e. The molecule has 0 bridgehead atoms. The molecular formula is C14H14N4O3. The molecular weight excluding hydrogens is 272 g/mol. The van der Waals surface area contributed by atoms with Crippen molar-refractivity contribution >= 4 is 11.9 Å².